The maximum absolute atomic E-state index is 14.3. The molecule has 0 spiro atoms. The first-order valence-corrected chi connectivity index (χ1v) is 19.2. The van der Waals surface area contributed by atoms with E-state index in [9.17, 15) is 14.4 Å². The van der Waals surface area contributed by atoms with Crippen molar-refractivity contribution in [3.05, 3.63) is 15.8 Å². The van der Waals surface area contributed by atoms with Gasteiger partial charge in [-0.25, -0.2) is 4.79 Å². The summed E-state index contributed by atoms with van der Waals surface area (Å²) in [5.74, 6) is 0.316. The van der Waals surface area contributed by atoms with E-state index in [1.807, 2.05) is 17.9 Å². The Bertz CT molecular complexity index is 1090. The Balaban J connectivity index is 1.65. The number of hydrogen-bond donors (Lipinski definition) is 0. The second-order valence-corrected chi connectivity index (χ2v) is 20.3. The van der Waals surface area contributed by atoms with Crippen LogP contribution < -0.4 is 4.90 Å². The second-order valence-electron chi connectivity index (χ2n) is 14.5. The molecule has 3 aliphatic carbocycles. The van der Waals surface area contributed by atoms with Crippen molar-refractivity contribution in [2.75, 3.05) is 12.0 Å². The Morgan fingerprint density at radius 1 is 1.00 bits per heavy atom. The molecule has 0 radical (unpaired) electrons. The van der Waals surface area contributed by atoms with Gasteiger partial charge in [-0.15, -0.1) is 11.3 Å². The molecular formula is C32H51NO5SSi. The normalized spacial score (nSPS) is 27.0. The summed E-state index contributed by atoms with van der Waals surface area (Å²) in [6.45, 7) is 15.7. The maximum atomic E-state index is 14.3. The molecule has 0 atom stereocenters. The molecular weight excluding hydrogens is 539 g/mol. The number of Topliss-reactive ketones (excluding diaryl/α,β-unsaturated/α-hetero) is 1. The molecule has 1 aromatic heterocycles. The monoisotopic (exact) mass is 589 g/mol. The molecule has 4 rings (SSSR count). The first kappa shape index (κ1) is 31.4. The number of rotatable bonds is 8. The van der Waals surface area contributed by atoms with Crippen molar-refractivity contribution in [2.45, 2.75) is 136 Å². The number of ketones is 1. The van der Waals surface area contributed by atoms with Crippen LogP contribution in [0.3, 0.4) is 0 Å². The van der Waals surface area contributed by atoms with Crippen LogP contribution in [0, 0.1) is 17.3 Å². The van der Waals surface area contributed by atoms with Gasteiger partial charge in [-0.1, -0.05) is 41.0 Å². The third-order valence-corrected chi connectivity index (χ3v) is 16.1. The van der Waals surface area contributed by atoms with Crippen molar-refractivity contribution < 1.29 is 23.5 Å². The second kappa shape index (κ2) is 12.0. The Kier molecular flexibility index (Phi) is 9.43. The van der Waals surface area contributed by atoms with E-state index in [4.69, 9.17) is 9.16 Å². The van der Waals surface area contributed by atoms with E-state index in [0.717, 1.165) is 70.6 Å². The predicted octanol–water partition coefficient (Wildman–Crippen LogP) is 8.40. The molecule has 0 aliphatic heterocycles. The SMILES string of the molecule is COC(=O)c1sc(C(=O)C2(C)CCC2)cc1N(C(=O)C1CCC(C)CC1)C1CCC(O[Si](C)(C)C(C)(C)C)CC1. The number of ether oxygens (including phenoxy) is 1. The number of carbonyl (C=O) groups excluding carboxylic acids is 3. The first-order valence-electron chi connectivity index (χ1n) is 15.4. The largest absolute Gasteiger partial charge is 0.465 e. The van der Waals surface area contributed by atoms with Crippen molar-refractivity contribution in [1.82, 2.24) is 0 Å². The summed E-state index contributed by atoms with van der Waals surface area (Å²) in [6, 6.07) is 1.82. The molecule has 0 bridgehead atoms. The number of carbonyl (C=O) groups is 3. The highest BCUT2D eigenvalue weighted by molar-refractivity contribution is 7.16. The van der Waals surface area contributed by atoms with Crippen LogP contribution >= 0.6 is 11.3 Å². The smallest absolute Gasteiger partial charge is 0.350 e. The van der Waals surface area contributed by atoms with E-state index >= 15 is 0 Å². The summed E-state index contributed by atoms with van der Waals surface area (Å²) in [5.41, 5.74) is 0.212. The molecule has 0 N–H and O–H groups in total. The van der Waals surface area contributed by atoms with Crippen LogP contribution in [-0.2, 0) is 14.0 Å². The number of amides is 1. The van der Waals surface area contributed by atoms with Gasteiger partial charge >= 0.3 is 5.97 Å². The average Bonchev–Trinajstić information content (AvgIpc) is 3.32. The van der Waals surface area contributed by atoms with Crippen molar-refractivity contribution >= 4 is 43.0 Å². The van der Waals surface area contributed by atoms with Crippen LogP contribution in [0.2, 0.25) is 18.1 Å². The number of hydrogen-bond acceptors (Lipinski definition) is 6. The van der Waals surface area contributed by atoms with Crippen LogP contribution in [0.1, 0.15) is 125 Å². The first-order chi connectivity index (χ1) is 18.7. The van der Waals surface area contributed by atoms with E-state index in [2.05, 4.69) is 40.8 Å². The predicted molar refractivity (Wildman–Crippen MR) is 165 cm³/mol. The maximum Gasteiger partial charge on any atom is 0.350 e. The summed E-state index contributed by atoms with van der Waals surface area (Å²) in [5, 5.41) is 0.149. The minimum absolute atomic E-state index is 0.0219. The van der Waals surface area contributed by atoms with E-state index in [-0.39, 0.29) is 40.2 Å². The molecule has 0 unspecified atom stereocenters. The summed E-state index contributed by atoms with van der Waals surface area (Å²) in [6.07, 6.45) is 10.3. The highest BCUT2D eigenvalue weighted by Crippen LogP contribution is 2.47. The topological polar surface area (TPSA) is 72.9 Å². The zero-order valence-corrected chi connectivity index (χ0v) is 27.9. The zero-order valence-electron chi connectivity index (χ0n) is 26.1. The van der Waals surface area contributed by atoms with Crippen LogP contribution in [-0.4, -0.2) is 45.2 Å². The van der Waals surface area contributed by atoms with Crippen LogP contribution in [0.4, 0.5) is 5.69 Å². The number of thiophene rings is 1. The minimum Gasteiger partial charge on any atom is -0.465 e. The number of methoxy groups -OCH3 is 1. The highest BCUT2D eigenvalue weighted by atomic mass is 32.1. The summed E-state index contributed by atoms with van der Waals surface area (Å²) >= 11 is 1.21. The van der Waals surface area contributed by atoms with E-state index < -0.39 is 14.3 Å². The lowest BCUT2D eigenvalue weighted by Gasteiger charge is -2.43. The lowest BCUT2D eigenvalue weighted by molar-refractivity contribution is -0.124. The molecule has 0 saturated heterocycles. The van der Waals surface area contributed by atoms with Crippen LogP contribution in [0.25, 0.3) is 0 Å². The van der Waals surface area contributed by atoms with Crippen molar-refractivity contribution in [1.29, 1.82) is 0 Å². The molecule has 8 heteroatoms. The third-order valence-electron chi connectivity index (χ3n) is 10.5. The Labute approximate surface area is 246 Å². The van der Waals surface area contributed by atoms with Gasteiger partial charge in [0.1, 0.15) is 4.88 Å². The molecule has 3 fully saturated rings. The van der Waals surface area contributed by atoms with E-state index in [0.29, 0.717) is 21.4 Å². The van der Waals surface area contributed by atoms with Gasteiger partial charge in [-0.05, 0) is 94.3 Å². The average molecular weight is 590 g/mol. The van der Waals surface area contributed by atoms with Crippen LogP contribution in [0.15, 0.2) is 6.07 Å². The zero-order chi connectivity index (χ0) is 29.5. The molecule has 1 aromatic rings. The Hall–Kier alpha value is -1.51. The van der Waals surface area contributed by atoms with Gasteiger partial charge in [0, 0.05) is 23.5 Å². The third kappa shape index (κ3) is 6.44. The van der Waals surface area contributed by atoms with Crippen molar-refractivity contribution in [3.8, 4) is 0 Å². The highest BCUT2D eigenvalue weighted by Gasteiger charge is 2.44. The molecule has 1 amide bonds. The minimum atomic E-state index is -1.89. The lowest BCUT2D eigenvalue weighted by Crippen LogP contribution is -2.49. The molecule has 3 aliphatic rings. The lowest BCUT2D eigenvalue weighted by atomic mass is 9.67. The molecule has 224 valence electrons. The van der Waals surface area contributed by atoms with Crippen molar-refractivity contribution in [3.63, 3.8) is 0 Å². The van der Waals surface area contributed by atoms with Crippen molar-refractivity contribution in [2.24, 2.45) is 17.3 Å². The van der Waals surface area contributed by atoms with E-state index in [1.54, 1.807) is 0 Å². The quantitative estimate of drug-likeness (QED) is 0.173. The number of nitrogens with zero attached hydrogens (tertiary/aromatic N) is 1. The molecule has 6 nitrogen and oxygen atoms in total. The Morgan fingerprint density at radius 3 is 2.10 bits per heavy atom. The van der Waals surface area contributed by atoms with Crippen LogP contribution in [0.5, 0.6) is 0 Å². The van der Waals surface area contributed by atoms with Gasteiger partial charge in [-0.2, -0.15) is 0 Å². The van der Waals surface area contributed by atoms with Gasteiger partial charge < -0.3 is 14.1 Å². The van der Waals surface area contributed by atoms with E-state index in [1.165, 1.54) is 18.4 Å². The van der Waals surface area contributed by atoms with Gasteiger partial charge in [0.05, 0.1) is 17.7 Å². The number of esters is 1. The molecule has 40 heavy (non-hydrogen) atoms. The molecule has 1 heterocycles. The standard InChI is InChI=1S/C32H51NO5SSi/c1-21-10-12-22(13-11-21)29(35)33(23-14-16-24(17-15-23)38-40(7,8)31(2,3)4)25-20-26(39-27(25)30(36)37-6)28(34)32(5)18-9-19-32/h20-24H,9-19H2,1-8H3. The Morgan fingerprint density at radius 2 is 1.60 bits per heavy atom. The summed E-state index contributed by atoms with van der Waals surface area (Å²) in [7, 11) is -0.519. The van der Waals surface area contributed by atoms with Gasteiger partial charge in [0.2, 0.25) is 5.91 Å². The molecule has 0 aromatic carbocycles. The fourth-order valence-electron chi connectivity index (χ4n) is 6.36. The molecule has 3 saturated carbocycles. The fraction of sp³-hybridized carbons (Fsp3) is 0.781. The number of anilines is 1. The van der Waals surface area contributed by atoms with Gasteiger partial charge in [0.15, 0.2) is 14.1 Å². The van der Waals surface area contributed by atoms with Gasteiger partial charge in [0.25, 0.3) is 0 Å². The fourth-order valence-corrected chi connectivity index (χ4v) is 8.94. The summed E-state index contributed by atoms with van der Waals surface area (Å²) < 4.78 is 11.9. The summed E-state index contributed by atoms with van der Waals surface area (Å²) in [4.78, 5) is 43.8. The van der Waals surface area contributed by atoms with Gasteiger partial charge in [-0.3, -0.25) is 9.59 Å².